The molecule has 7 rings (SSSR count). The van der Waals surface area contributed by atoms with Gasteiger partial charge in [-0.15, -0.1) is 32.9 Å². The van der Waals surface area contributed by atoms with Crippen molar-refractivity contribution in [1.82, 2.24) is 40.6 Å². The summed E-state index contributed by atoms with van der Waals surface area (Å²) in [5.74, 6) is -0.813. The van der Waals surface area contributed by atoms with Crippen molar-refractivity contribution in [3.63, 3.8) is 0 Å². The number of nitrogens with zero attached hydrogens (tertiary/aromatic N) is 6. The van der Waals surface area contributed by atoms with E-state index < -0.39 is 47.4 Å². The zero-order chi connectivity index (χ0) is 49.7. The Morgan fingerprint density at radius 3 is 2.30 bits per heavy atom. The van der Waals surface area contributed by atoms with E-state index in [1.165, 1.54) is 4.90 Å². The van der Waals surface area contributed by atoms with Gasteiger partial charge in [-0.05, 0) is 75.3 Å². The molecule has 16 nitrogen and oxygen atoms in total. The number of β-amino-alcohol motifs (C(OH)–C–C–N with tert-alkyl or cyclic N) is 1. The second-order valence-corrected chi connectivity index (χ2v) is 21.3. The summed E-state index contributed by atoms with van der Waals surface area (Å²) in [6, 6.07) is 12.6. The van der Waals surface area contributed by atoms with Crippen LogP contribution in [-0.4, -0.2) is 117 Å². The molecule has 3 aromatic heterocycles. The molecule has 19 heteroatoms. The summed E-state index contributed by atoms with van der Waals surface area (Å²) >= 11 is 9.48. The summed E-state index contributed by atoms with van der Waals surface area (Å²) in [7, 11) is 0. The normalized spacial score (nSPS) is 18.1. The van der Waals surface area contributed by atoms with E-state index in [4.69, 9.17) is 26.1 Å². The van der Waals surface area contributed by atoms with E-state index in [1.807, 2.05) is 107 Å². The Morgan fingerprint density at radius 2 is 1.62 bits per heavy atom. The summed E-state index contributed by atoms with van der Waals surface area (Å²) in [6.07, 6.45) is -0.325. The number of aliphatic hydroxyl groups is 1. The molecule has 0 saturated carbocycles. The third-order valence-electron chi connectivity index (χ3n) is 12.6. The van der Waals surface area contributed by atoms with Gasteiger partial charge in [-0.3, -0.25) is 28.7 Å². The quantitative estimate of drug-likeness (QED) is 0.0679. The van der Waals surface area contributed by atoms with Gasteiger partial charge in [-0.1, -0.05) is 75.7 Å². The minimum atomic E-state index is -0.986. The van der Waals surface area contributed by atoms with E-state index in [0.29, 0.717) is 29.7 Å². The predicted octanol–water partition coefficient (Wildman–Crippen LogP) is 6.78. The largest absolute Gasteiger partial charge is 0.391 e. The van der Waals surface area contributed by atoms with Crippen LogP contribution >= 0.6 is 34.3 Å². The molecule has 4 N–H and O–H groups in total. The second-order valence-electron chi connectivity index (χ2n) is 18.8. The van der Waals surface area contributed by atoms with Gasteiger partial charge in [0, 0.05) is 53.8 Å². The summed E-state index contributed by atoms with van der Waals surface area (Å²) in [5, 5.41) is 30.0. The summed E-state index contributed by atoms with van der Waals surface area (Å²) in [4.78, 5) is 67.8. The number of fused-ring (bicyclic) bond motifs is 3. The van der Waals surface area contributed by atoms with Crippen molar-refractivity contribution in [2.45, 2.75) is 105 Å². The standard InChI is InChI=1S/C50H62ClN9O7S2/c1-27-31(5)69-49-40(27)42(34-15-17-36(51)18-16-34)56-41(45-58-57-32(6)60(45)49)28(2)46(63)52-19-22-66-20-10-21-67-25-39(62)55-44(50(7,8)9)48(65)59-24-37(61)23-38(59)47(64)54-29(3)33-11-13-35(14-12-33)43-30(4)53-26-68-43/h11-18,26,28-29,37-38,41,44,61H,10,19-25H2,1-9H3,(H,52,63)(H,54,64)(H,55,62)/t28-,29+,37-,38+,41+,44-/m1/s1. The van der Waals surface area contributed by atoms with Crippen molar-refractivity contribution in [3.8, 4) is 15.4 Å². The number of thiophene rings is 1. The number of aryl methyl sites for hydroxylation is 3. The molecule has 1 saturated heterocycles. The molecule has 0 unspecified atom stereocenters. The minimum Gasteiger partial charge on any atom is -0.391 e. The van der Waals surface area contributed by atoms with Crippen LogP contribution in [0.5, 0.6) is 0 Å². The van der Waals surface area contributed by atoms with Gasteiger partial charge in [0.25, 0.3) is 0 Å². The van der Waals surface area contributed by atoms with Crippen molar-refractivity contribution in [1.29, 1.82) is 0 Å². The fourth-order valence-electron chi connectivity index (χ4n) is 8.59. The van der Waals surface area contributed by atoms with Crippen LogP contribution in [0, 0.1) is 39.0 Å². The molecule has 2 aliphatic heterocycles. The molecule has 0 bridgehead atoms. The van der Waals surface area contributed by atoms with Gasteiger partial charge in [0.05, 0.1) is 46.5 Å². The van der Waals surface area contributed by atoms with Crippen molar-refractivity contribution in [2.75, 3.05) is 39.5 Å². The Bertz CT molecular complexity index is 2670. The molecular weight excluding hydrogens is 938 g/mol. The molecule has 2 aliphatic rings. The molecular formula is C50H62ClN9O7S2. The summed E-state index contributed by atoms with van der Waals surface area (Å²) in [6.45, 7) is 18.0. The van der Waals surface area contributed by atoms with Crippen LogP contribution in [0.3, 0.4) is 0 Å². The van der Waals surface area contributed by atoms with Gasteiger partial charge in [0.1, 0.15) is 35.6 Å². The average Bonchev–Trinajstić information content (AvgIpc) is 4.08. The second kappa shape index (κ2) is 22.2. The zero-order valence-electron chi connectivity index (χ0n) is 40.6. The molecule has 69 heavy (non-hydrogen) atoms. The molecule has 0 aliphatic carbocycles. The lowest BCUT2D eigenvalue weighted by Crippen LogP contribution is -2.58. The Balaban J connectivity index is 0.852. The first-order chi connectivity index (χ1) is 32.8. The number of nitrogens with one attached hydrogen (secondary N) is 3. The first kappa shape index (κ1) is 51.5. The lowest BCUT2D eigenvalue weighted by molar-refractivity contribution is -0.144. The van der Waals surface area contributed by atoms with Gasteiger partial charge in [0.15, 0.2) is 5.82 Å². The van der Waals surface area contributed by atoms with Gasteiger partial charge in [0.2, 0.25) is 23.6 Å². The van der Waals surface area contributed by atoms with Crippen molar-refractivity contribution >= 4 is 63.6 Å². The average molecular weight is 1000 g/mol. The first-order valence-electron chi connectivity index (χ1n) is 23.2. The topological polar surface area (TPSA) is 202 Å². The Hall–Kier alpha value is -5.37. The maximum absolute atomic E-state index is 14.1. The van der Waals surface area contributed by atoms with E-state index in [2.05, 4.69) is 45.0 Å². The summed E-state index contributed by atoms with van der Waals surface area (Å²) < 4.78 is 13.4. The molecule has 368 valence electrons. The Labute approximate surface area is 416 Å². The maximum atomic E-state index is 14.1. The Kier molecular flexibility index (Phi) is 16.5. The number of rotatable bonds is 18. The van der Waals surface area contributed by atoms with Gasteiger partial charge >= 0.3 is 0 Å². The van der Waals surface area contributed by atoms with E-state index in [0.717, 1.165) is 54.0 Å². The molecule has 0 radical (unpaired) electrons. The number of carbonyl (C=O) groups excluding carboxylic acids is 4. The molecule has 5 heterocycles. The van der Waals surface area contributed by atoms with Crippen LogP contribution in [0.4, 0.5) is 0 Å². The van der Waals surface area contributed by atoms with Crippen LogP contribution in [0.1, 0.15) is 104 Å². The Morgan fingerprint density at radius 1 is 0.928 bits per heavy atom. The number of halogens is 1. The van der Waals surface area contributed by atoms with Crippen LogP contribution in [0.2, 0.25) is 5.02 Å². The number of ether oxygens (including phenoxy) is 2. The third kappa shape index (κ3) is 11.8. The van der Waals surface area contributed by atoms with Gasteiger partial charge in [-0.25, -0.2) is 4.98 Å². The summed E-state index contributed by atoms with van der Waals surface area (Å²) in [5.41, 5.74) is 7.74. The maximum Gasteiger partial charge on any atom is 0.246 e. The lowest BCUT2D eigenvalue weighted by Gasteiger charge is -2.35. The van der Waals surface area contributed by atoms with Crippen LogP contribution in [-0.2, 0) is 28.7 Å². The zero-order valence-corrected chi connectivity index (χ0v) is 43.0. The SMILES string of the molecule is Cc1ncsc1-c1ccc([C@H](C)NC(=O)[C@@H]2C[C@@H](O)CN2C(=O)[C@@H](NC(=O)COCCCOCCNC(=O)[C@H](C)[C@@H]2N=C(c3ccc(Cl)cc3)c3c(sc(C)c3C)-n3c(C)nnc32)C(C)(C)C)cc1. The van der Waals surface area contributed by atoms with Crippen molar-refractivity contribution in [2.24, 2.45) is 16.3 Å². The van der Waals surface area contributed by atoms with E-state index in [1.54, 1.807) is 22.7 Å². The predicted molar refractivity (Wildman–Crippen MR) is 268 cm³/mol. The molecule has 4 amide bonds. The van der Waals surface area contributed by atoms with Crippen molar-refractivity contribution < 1.29 is 33.8 Å². The van der Waals surface area contributed by atoms with E-state index in [9.17, 15) is 24.3 Å². The third-order valence-corrected chi connectivity index (χ3v) is 15.0. The molecule has 5 aromatic rings. The lowest BCUT2D eigenvalue weighted by atomic mass is 9.85. The van der Waals surface area contributed by atoms with Gasteiger partial charge < -0.3 is 35.4 Å². The number of hydrogen-bond donors (Lipinski definition) is 4. The van der Waals surface area contributed by atoms with Crippen molar-refractivity contribution in [3.05, 3.63) is 104 Å². The number of carbonyl (C=O) groups is 4. The molecule has 0 spiro atoms. The monoisotopic (exact) mass is 999 g/mol. The number of aromatic nitrogens is 4. The fraction of sp³-hybridized carbons (Fsp3) is 0.480. The molecule has 1 fully saturated rings. The highest BCUT2D eigenvalue weighted by Gasteiger charge is 2.45. The highest BCUT2D eigenvalue weighted by molar-refractivity contribution is 7.15. The first-order valence-corrected chi connectivity index (χ1v) is 25.3. The highest BCUT2D eigenvalue weighted by Crippen LogP contribution is 2.41. The van der Waals surface area contributed by atoms with Crippen LogP contribution in [0.15, 0.2) is 59.0 Å². The minimum absolute atomic E-state index is 0.0312. The number of hydrogen-bond acceptors (Lipinski definition) is 13. The molecule has 6 atom stereocenters. The fourth-order valence-corrected chi connectivity index (χ4v) is 10.7. The van der Waals surface area contributed by atoms with Gasteiger partial charge in [-0.2, -0.15) is 0 Å². The number of benzene rings is 2. The molecule has 2 aromatic carbocycles. The van der Waals surface area contributed by atoms with Crippen LogP contribution < -0.4 is 16.0 Å². The number of thiazole rings is 1. The number of aliphatic hydroxyl groups excluding tert-OH is 1. The number of amides is 4. The smallest absolute Gasteiger partial charge is 0.246 e. The highest BCUT2D eigenvalue weighted by atomic mass is 35.5. The van der Waals surface area contributed by atoms with Crippen LogP contribution in [0.25, 0.3) is 15.4 Å². The number of aliphatic imine (C=N–C) groups is 1. The number of likely N-dealkylation sites (tertiary alicyclic amines) is 1. The van der Waals surface area contributed by atoms with E-state index in [-0.39, 0.29) is 57.2 Å². The van der Waals surface area contributed by atoms with E-state index >= 15 is 0 Å².